The number of benzene rings is 4. The van der Waals surface area contributed by atoms with Crippen LogP contribution < -0.4 is 20.3 Å². The first-order valence-corrected chi connectivity index (χ1v) is 13.6. The molecule has 0 radical (unpaired) electrons. The van der Waals surface area contributed by atoms with Crippen LogP contribution in [0.4, 0.5) is 15.8 Å². The zero-order valence-corrected chi connectivity index (χ0v) is 22.9. The number of nitrogens with zero attached hydrogens (tertiary/aromatic N) is 2. The minimum atomic E-state index is -0.312. The fourth-order valence-electron chi connectivity index (χ4n) is 4.59. The molecule has 0 unspecified atom stereocenters. The predicted octanol–water partition coefficient (Wildman–Crippen LogP) is 5.85. The molecular formula is C32H31FN4O2S. The van der Waals surface area contributed by atoms with E-state index in [9.17, 15) is 9.18 Å². The van der Waals surface area contributed by atoms with E-state index in [4.69, 9.17) is 17.0 Å². The van der Waals surface area contributed by atoms with Crippen molar-refractivity contribution in [2.24, 2.45) is 0 Å². The van der Waals surface area contributed by atoms with Crippen LogP contribution in [0.1, 0.15) is 21.5 Å². The van der Waals surface area contributed by atoms with Crippen molar-refractivity contribution < 1.29 is 13.9 Å². The van der Waals surface area contributed by atoms with Gasteiger partial charge in [-0.1, -0.05) is 54.6 Å². The van der Waals surface area contributed by atoms with Crippen LogP contribution in [-0.4, -0.2) is 42.1 Å². The molecule has 2 N–H and O–H groups in total. The average molecular weight is 555 g/mol. The van der Waals surface area contributed by atoms with Gasteiger partial charge >= 0.3 is 0 Å². The number of carbonyl (C=O) groups is 1. The summed E-state index contributed by atoms with van der Waals surface area (Å²) in [4.78, 5) is 17.4. The van der Waals surface area contributed by atoms with Crippen LogP contribution in [0.25, 0.3) is 0 Å². The summed E-state index contributed by atoms with van der Waals surface area (Å²) in [6.45, 7) is 4.50. The van der Waals surface area contributed by atoms with Gasteiger partial charge in [0, 0.05) is 55.2 Å². The Morgan fingerprint density at radius 3 is 2.33 bits per heavy atom. The lowest BCUT2D eigenvalue weighted by atomic mass is 10.1. The fourth-order valence-corrected chi connectivity index (χ4v) is 4.80. The first-order chi connectivity index (χ1) is 19.5. The highest BCUT2D eigenvalue weighted by Crippen LogP contribution is 2.21. The van der Waals surface area contributed by atoms with E-state index in [1.54, 1.807) is 24.3 Å². The van der Waals surface area contributed by atoms with E-state index in [1.165, 1.54) is 6.07 Å². The second kappa shape index (κ2) is 13.2. The highest BCUT2D eigenvalue weighted by atomic mass is 32.1. The van der Waals surface area contributed by atoms with Crippen molar-refractivity contribution >= 4 is 34.6 Å². The standard InChI is InChI=1S/C32H31FN4O2S/c33-30-12-5-4-9-26(30)22-36-17-19-37(20-18-36)28-15-13-27(14-16-28)34-32(40)35-31(38)25-10-6-11-29(21-25)39-23-24-7-2-1-3-8-24/h1-16,21H,17-20,22-23H2,(H2,34,35,38,40). The Kier molecular flexibility index (Phi) is 9.00. The van der Waals surface area contributed by atoms with Gasteiger partial charge in [-0.3, -0.25) is 15.0 Å². The second-order valence-corrected chi connectivity index (χ2v) is 10.0. The summed E-state index contributed by atoms with van der Waals surface area (Å²) in [7, 11) is 0. The lowest BCUT2D eigenvalue weighted by Crippen LogP contribution is -2.46. The van der Waals surface area contributed by atoms with Crippen LogP contribution in [0.3, 0.4) is 0 Å². The summed E-state index contributed by atoms with van der Waals surface area (Å²) in [6.07, 6.45) is 0. The molecule has 40 heavy (non-hydrogen) atoms. The minimum Gasteiger partial charge on any atom is -0.489 e. The Morgan fingerprint density at radius 2 is 1.57 bits per heavy atom. The van der Waals surface area contributed by atoms with Crippen molar-refractivity contribution in [2.75, 3.05) is 36.4 Å². The molecular weight excluding hydrogens is 523 g/mol. The van der Waals surface area contributed by atoms with E-state index in [-0.39, 0.29) is 16.8 Å². The zero-order valence-electron chi connectivity index (χ0n) is 22.1. The smallest absolute Gasteiger partial charge is 0.257 e. The topological polar surface area (TPSA) is 56.8 Å². The van der Waals surface area contributed by atoms with Gasteiger partial charge in [0.05, 0.1) is 0 Å². The third-order valence-electron chi connectivity index (χ3n) is 6.79. The third kappa shape index (κ3) is 7.43. The Balaban J connectivity index is 1.08. The normalized spacial score (nSPS) is 13.5. The van der Waals surface area contributed by atoms with Crippen LogP contribution in [0, 0.1) is 5.82 Å². The molecule has 1 fully saturated rings. The lowest BCUT2D eigenvalue weighted by molar-refractivity contribution is 0.0977. The first kappa shape index (κ1) is 27.3. The molecule has 0 saturated carbocycles. The number of carbonyl (C=O) groups excluding carboxylic acids is 1. The molecule has 4 aromatic carbocycles. The molecule has 4 aromatic rings. The number of piperazine rings is 1. The number of hydrogen-bond acceptors (Lipinski definition) is 5. The van der Waals surface area contributed by atoms with E-state index in [0.29, 0.717) is 24.5 Å². The Hall–Kier alpha value is -4.27. The molecule has 1 aliphatic rings. The zero-order chi connectivity index (χ0) is 27.7. The first-order valence-electron chi connectivity index (χ1n) is 13.2. The molecule has 6 nitrogen and oxygen atoms in total. The maximum Gasteiger partial charge on any atom is 0.257 e. The lowest BCUT2D eigenvalue weighted by Gasteiger charge is -2.36. The van der Waals surface area contributed by atoms with Gasteiger partial charge in [-0.2, -0.15) is 0 Å². The molecule has 0 bridgehead atoms. The Labute approximate surface area is 239 Å². The largest absolute Gasteiger partial charge is 0.489 e. The van der Waals surface area contributed by atoms with Crippen LogP contribution in [0.2, 0.25) is 0 Å². The van der Waals surface area contributed by atoms with Gasteiger partial charge in [0.15, 0.2) is 5.11 Å². The van der Waals surface area contributed by atoms with Gasteiger partial charge in [-0.05, 0) is 66.3 Å². The second-order valence-electron chi connectivity index (χ2n) is 9.61. The number of anilines is 2. The van der Waals surface area contributed by atoms with Gasteiger partial charge in [-0.25, -0.2) is 4.39 Å². The maximum absolute atomic E-state index is 14.0. The van der Waals surface area contributed by atoms with Gasteiger partial charge in [0.1, 0.15) is 18.2 Å². The summed E-state index contributed by atoms with van der Waals surface area (Å²) in [5.74, 6) is 0.148. The van der Waals surface area contributed by atoms with Gasteiger partial charge in [0.2, 0.25) is 0 Å². The number of rotatable bonds is 8. The fraction of sp³-hybridized carbons (Fsp3) is 0.188. The molecule has 8 heteroatoms. The van der Waals surface area contributed by atoms with E-state index in [1.807, 2.05) is 72.8 Å². The highest BCUT2D eigenvalue weighted by molar-refractivity contribution is 7.80. The van der Waals surface area contributed by atoms with Gasteiger partial charge < -0.3 is 15.0 Å². The number of amides is 1. The van der Waals surface area contributed by atoms with Crippen LogP contribution in [0.15, 0.2) is 103 Å². The molecule has 0 aliphatic carbocycles. The monoisotopic (exact) mass is 554 g/mol. The molecule has 1 saturated heterocycles. The van der Waals surface area contributed by atoms with Crippen molar-refractivity contribution in [1.29, 1.82) is 0 Å². The van der Waals surface area contributed by atoms with E-state index < -0.39 is 0 Å². The summed E-state index contributed by atoms with van der Waals surface area (Å²) >= 11 is 5.38. The molecule has 204 valence electrons. The van der Waals surface area contributed by atoms with E-state index >= 15 is 0 Å². The molecule has 1 amide bonds. The number of hydrogen-bond donors (Lipinski definition) is 2. The van der Waals surface area contributed by atoms with Crippen molar-refractivity contribution in [3.8, 4) is 5.75 Å². The number of halogens is 1. The van der Waals surface area contributed by atoms with Crippen molar-refractivity contribution in [3.63, 3.8) is 0 Å². The van der Waals surface area contributed by atoms with Crippen molar-refractivity contribution in [3.05, 3.63) is 126 Å². The number of thiocarbonyl (C=S) groups is 1. The van der Waals surface area contributed by atoms with E-state index in [0.717, 1.165) is 48.7 Å². The maximum atomic E-state index is 14.0. The van der Waals surface area contributed by atoms with Crippen LogP contribution in [-0.2, 0) is 13.2 Å². The summed E-state index contributed by atoms with van der Waals surface area (Å²) in [6, 6.07) is 31.8. The SMILES string of the molecule is O=C(NC(=S)Nc1ccc(N2CCN(Cc3ccccc3F)CC2)cc1)c1cccc(OCc2ccccc2)c1. The van der Waals surface area contributed by atoms with E-state index in [2.05, 4.69) is 20.4 Å². The van der Waals surface area contributed by atoms with Crippen LogP contribution in [0.5, 0.6) is 5.75 Å². The van der Waals surface area contributed by atoms with Crippen molar-refractivity contribution in [2.45, 2.75) is 13.2 Å². The molecule has 0 atom stereocenters. The quantitative estimate of drug-likeness (QED) is 0.267. The van der Waals surface area contributed by atoms with Gasteiger partial charge in [0.25, 0.3) is 5.91 Å². The van der Waals surface area contributed by atoms with Crippen LogP contribution >= 0.6 is 12.2 Å². The third-order valence-corrected chi connectivity index (χ3v) is 6.99. The van der Waals surface area contributed by atoms with Crippen molar-refractivity contribution in [1.82, 2.24) is 10.2 Å². The number of nitrogens with one attached hydrogen (secondary N) is 2. The molecule has 0 aromatic heterocycles. The van der Waals surface area contributed by atoms with Gasteiger partial charge in [-0.15, -0.1) is 0 Å². The Morgan fingerprint density at radius 1 is 0.850 bits per heavy atom. The highest BCUT2D eigenvalue weighted by Gasteiger charge is 2.18. The molecule has 0 spiro atoms. The molecule has 5 rings (SSSR count). The molecule has 1 aliphatic heterocycles. The summed E-state index contributed by atoms with van der Waals surface area (Å²) < 4.78 is 19.8. The average Bonchev–Trinajstić information content (AvgIpc) is 2.99. The predicted molar refractivity (Wildman–Crippen MR) is 161 cm³/mol. The summed E-state index contributed by atoms with van der Waals surface area (Å²) in [5, 5.41) is 6.03. The number of ether oxygens (including phenoxy) is 1. The Bertz CT molecular complexity index is 1440. The molecule has 1 heterocycles. The minimum absolute atomic E-state index is 0.150. The summed E-state index contributed by atoms with van der Waals surface area (Å²) in [5.41, 5.74) is 4.14.